The number of pyridine rings is 3. The van der Waals surface area contributed by atoms with Crippen molar-refractivity contribution in [3.8, 4) is 17.0 Å². The number of anilines is 1. The molecule has 3 aromatic rings. The molecule has 36 heavy (non-hydrogen) atoms. The number of alkyl halides is 1. The minimum absolute atomic E-state index is 0.0882. The molecule has 4 rings (SSSR count). The number of amides is 1. The smallest absolute Gasteiger partial charge is 0.255 e. The van der Waals surface area contributed by atoms with Gasteiger partial charge < -0.3 is 19.9 Å². The summed E-state index contributed by atoms with van der Waals surface area (Å²) in [5.41, 5.74) is 1.79. The van der Waals surface area contributed by atoms with E-state index >= 15 is 0 Å². The van der Waals surface area contributed by atoms with Gasteiger partial charge in [-0.05, 0) is 58.4 Å². The van der Waals surface area contributed by atoms with Crippen LogP contribution in [-0.2, 0) is 15.8 Å². The molecule has 2 N–H and O–H groups in total. The Labute approximate surface area is 209 Å². The molecule has 4 heterocycles. The highest BCUT2D eigenvalue weighted by atomic mass is 19.1. The van der Waals surface area contributed by atoms with Crippen molar-refractivity contribution >= 4 is 11.6 Å². The number of aliphatic hydroxyl groups is 1. The molecule has 0 saturated carbocycles. The normalized spacial score (nSPS) is 17.7. The van der Waals surface area contributed by atoms with E-state index in [2.05, 4.69) is 20.3 Å². The van der Waals surface area contributed by atoms with Gasteiger partial charge in [0.2, 0.25) is 5.88 Å². The second kappa shape index (κ2) is 10.3. The van der Waals surface area contributed by atoms with Gasteiger partial charge in [-0.25, -0.2) is 9.37 Å². The number of nitrogens with one attached hydrogen (secondary N) is 1. The first-order valence-corrected chi connectivity index (χ1v) is 11.9. The van der Waals surface area contributed by atoms with Gasteiger partial charge in [0, 0.05) is 52.4 Å². The predicted octanol–water partition coefficient (Wildman–Crippen LogP) is 4.35. The fraction of sp³-hybridized carbons (Fsp3) is 0.407. The Morgan fingerprint density at radius 1 is 1.25 bits per heavy atom. The highest BCUT2D eigenvalue weighted by Crippen LogP contribution is 2.40. The van der Waals surface area contributed by atoms with Crippen molar-refractivity contribution in [1.82, 2.24) is 15.0 Å². The van der Waals surface area contributed by atoms with Gasteiger partial charge in [-0.15, -0.1) is 0 Å². The van der Waals surface area contributed by atoms with Crippen molar-refractivity contribution in [2.45, 2.75) is 45.2 Å². The van der Waals surface area contributed by atoms with Crippen molar-refractivity contribution in [2.24, 2.45) is 0 Å². The second-order valence-electron chi connectivity index (χ2n) is 9.46. The Morgan fingerprint density at radius 3 is 2.72 bits per heavy atom. The summed E-state index contributed by atoms with van der Waals surface area (Å²) in [6, 6.07) is 6.75. The van der Waals surface area contributed by atoms with E-state index in [9.17, 15) is 14.3 Å². The Balaban J connectivity index is 1.67. The standard InChI is InChI=1S/C27H31FN4O4/c1-5-36-25-22(27(15-33)7-9-35-16-27)10-19(13-31-25)21-12-20(14-30-17(21)2)32-24(34)18-6-8-29-23(11-18)26(3,4)28/h6,8,10-14,33H,5,7,9,15-16H2,1-4H3,(H,32,34). The number of rotatable bonds is 8. The highest BCUT2D eigenvalue weighted by molar-refractivity contribution is 6.04. The van der Waals surface area contributed by atoms with E-state index in [1.54, 1.807) is 12.4 Å². The molecule has 9 heteroatoms. The van der Waals surface area contributed by atoms with Crippen LogP contribution in [0.25, 0.3) is 11.1 Å². The summed E-state index contributed by atoms with van der Waals surface area (Å²) in [6.07, 6.45) is 5.34. The number of aliphatic hydroxyl groups excluding tert-OH is 1. The molecule has 0 aliphatic carbocycles. The van der Waals surface area contributed by atoms with E-state index in [0.29, 0.717) is 43.4 Å². The summed E-state index contributed by atoms with van der Waals surface area (Å²) in [5.74, 6) is 0.0764. The number of aryl methyl sites for hydroxylation is 1. The molecule has 190 valence electrons. The fourth-order valence-electron chi connectivity index (χ4n) is 4.25. The molecular formula is C27H31FN4O4. The summed E-state index contributed by atoms with van der Waals surface area (Å²) >= 11 is 0. The van der Waals surface area contributed by atoms with Crippen molar-refractivity contribution in [1.29, 1.82) is 0 Å². The third-order valence-electron chi connectivity index (χ3n) is 6.40. The zero-order valence-corrected chi connectivity index (χ0v) is 21.0. The van der Waals surface area contributed by atoms with Crippen LogP contribution >= 0.6 is 0 Å². The largest absolute Gasteiger partial charge is 0.478 e. The summed E-state index contributed by atoms with van der Waals surface area (Å²) in [5, 5.41) is 13.1. The maximum Gasteiger partial charge on any atom is 0.255 e. The molecule has 0 bridgehead atoms. The van der Waals surface area contributed by atoms with Crippen molar-refractivity contribution < 1.29 is 23.8 Å². The van der Waals surface area contributed by atoms with Gasteiger partial charge >= 0.3 is 0 Å². The van der Waals surface area contributed by atoms with E-state index in [0.717, 1.165) is 22.4 Å². The molecule has 1 aliphatic heterocycles. The summed E-state index contributed by atoms with van der Waals surface area (Å²) in [7, 11) is 0. The lowest BCUT2D eigenvalue weighted by atomic mass is 9.80. The van der Waals surface area contributed by atoms with Crippen LogP contribution < -0.4 is 10.1 Å². The Morgan fingerprint density at radius 2 is 2.06 bits per heavy atom. The minimum atomic E-state index is -1.66. The highest BCUT2D eigenvalue weighted by Gasteiger charge is 2.39. The monoisotopic (exact) mass is 494 g/mol. The zero-order valence-electron chi connectivity index (χ0n) is 21.0. The van der Waals surface area contributed by atoms with E-state index in [4.69, 9.17) is 9.47 Å². The van der Waals surface area contributed by atoms with Crippen LogP contribution in [0.5, 0.6) is 5.88 Å². The van der Waals surface area contributed by atoms with Crippen LogP contribution in [0.3, 0.4) is 0 Å². The lowest BCUT2D eigenvalue weighted by molar-refractivity contribution is 0.102. The number of halogens is 1. The Bertz CT molecular complexity index is 1250. The number of aromatic nitrogens is 3. The molecule has 3 aromatic heterocycles. The molecule has 0 spiro atoms. The van der Waals surface area contributed by atoms with E-state index in [1.165, 1.54) is 32.2 Å². The first-order chi connectivity index (χ1) is 17.2. The van der Waals surface area contributed by atoms with Gasteiger partial charge in [0.05, 0.1) is 37.4 Å². The minimum Gasteiger partial charge on any atom is -0.478 e. The first kappa shape index (κ1) is 25.7. The van der Waals surface area contributed by atoms with Crippen LogP contribution in [-0.4, -0.2) is 52.4 Å². The van der Waals surface area contributed by atoms with Gasteiger partial charge in [0.25, 0.3) is 5.91 Å². The molecular weight excluding hydrogens is 463 g/mol. The van der Waals surface area contributed by atoms with Crippen molar-refractivity contribution in [3.05, 3.63) is 65.4 Å². The molecule has 1 fully saturated rings. The first-order valence-electron chi connectivity index (χ1n) is 11.9. The molecule has 1 atom stereocenters. The molecule has 1 unspecified atom stereocenters. The number of hydrogen-bond acceptors (Lipinski definition) is 7. The van der Waals surface area contributed by atoms with E-state index in [-0.39, 0.29) is 12.3 Å². The molecule has 0 aromatic carbocycles. The van der Waals surface area contributed by atoms with Crippen LogP contribution in [0.4, 0.5) is 10.1 Å². The number of hydrogen-bond donors (Lipinski definition) is 2. The van der Waals surface area contributed by atoms with Gasteiger partial charge in [0.1, 0.15) is 5.67 Å². The maximum absolute atomic E-state index is 14.3. The fourth-order valence-corrected chi connectivity index (χ4v) is 4.25. The lowest BCUT2D eigenvalue weighted by Gasteiger charge is -2.27. The maximum atomic E-state index is 14.3. The number of carbonyl (C=O) groups is 1. The van der Waals surface area contributed by atoms with E-state index in [1.807, 2.05) is 26.0 Å². The molecule has 1 aliphatic rings. The molecule has 1 amide bonds. The Hall–Kier alpha value is -3.43. The van der Waals surface area contributed by atoms with Crippen LogP contribution in [0.1, 0.15) is 54.5 Å². The topological polar surface area (TPSA) is 106 Å². The molecule has 0 radical (unpaired) electrons. The summed E-state index contributed by atoms with van der Waals surface area (Å²) in [6.45, 7) is 7.83. The Kier molecular flexibility index (Phi) is 7.33. The number of carbonyl (C=O) groups excluding carboxylic acids is 1. The van der Waals surface area contributed by atoms with Gasteiger partial charge in [-0.2, -0.15) is 0 Å². The van der Waals surface area contributed by atoms with E-state index < -0.39 is 17.0 Å². The number of nitrogens with zero attached hydrogens (tertiary/aromatic N) is 3. The lowest BCUT2D eigenvalue weighted by Crippen LogP contribution is -2.32. The molecule has 8 nitrogen and oxygen atoms in total. The summed E-state index contributed by atoms with van der Waals surface area (Å²) in [4.78, 5) is 25.9. The quantitative estimate of drug-likeness (QED) is 0.479. The van der Waals surface area contributed by atoms with Crippen LogP contribution in [0.2, 0.25) is 0 Å². The third kappa shape index (κ3) is 5.22. The average Bonchev–Trinajstić information content (AvgIpc) is 3.35. The van der Waals surface area contributed by atoms with Crippen LogP contribution in [0.15, 0.2) is 42.9 Å². The molecule has 1 saturated heterocycles. The average molecular weight is 495 g/mol. The zero-order chi connectivity index (χ0) is 25.9. The number of ether oxygens (including phenoxy) is 2. The summed E-state index contributed by atoms with van der Waals surface area (Å²) < 4.78 is 25.7. The second-order valence-corrected chi connectivity index (χ2v) is 9.46. The van der Waals surface area contributed by atoms with Crippen molar-refractivity contribution in [3.63, 3.8) is 0 Å². The predicted molar refractivity (Wildman–Crippen MR) is 134 cm³/mol. The third-order valence-corrected chi connectivity index (χ3v) is 6.40. The van der Waals surface area contributed by atoms with Gasteiger partial charge in [-0.3, -0.25) is 14.8 Å². The van der Waals surface area contributed by atoms with Crippen LogP contribution in [0, 0.1) is 6.92 Å². The van der Waals surface area contributed by atoms with Crippen molar-refractivity contribution in [2.75, 3.05) is 31.7 Å². The van der Waals surface area contributed by atoms with Gasteiger partial charge in [-0.1, -0.05) is 0 Å². The van der Waals surface area contributed by atoms with Gasteiger partial charge in [0.15, 0.2) is 0 Å². The SMILES string of the molecule is CCOc1ncc(-c2cc(NC(=O)c3ccnc(C(C)(C)F)c3)cnc2C)cc1C1(CO)CCOC1.